The van der Waals surface area contributed by atoms with Gasteiger partial charge in [0.2, 0.25) is 0 Å². The molecule has 2 rings (SSSR count). The lowest BCUT2D eigenvalue weighted by molar-refractivity contribution is -0.158. The van der Waals surface area contributed by atoms with Gasteiger partial charge in [-0.25, -0.2) is 0 Å². The van der Waals surface area contributed by atoms with Crippen molar-refractivity contribution < 1.29 is 19.1 Å². The molecular formula is C24H31NO4. The molecule has 0 aliphatic rings. The van der Waals surface area contributed by atoms with E-state index in [0.29, 0.717) is 12.8 Å². The van der Waals surface area contributed by atoms with Crippen molar-refractivity contribution >= 4 is 11.9 Å². The Balaban J connectivity index is 1.96. The van der Waals surface area contributed by atoms with Gasteiger partial charge in [0.25, 0.3) is 0 Å². The van der Waals surface area contributed by atoms with Crippen LogP contribution in [0.2, 0.25) is 0 Å². The number of nitrogens with one attached hydrogen (secondary N) is 1. The molecule has 0 radical (unpaired) electrons. The number of hydrogen-bond donors (Lipinski definition) is 1. The fourth-order valence-corrected chi connectivity index (χ4v) is 2.82. The molecule has 0 heterocycles. The number of rotatable bonds is 9. The quantitative estimate of drug-likeness (QED) is 0.647. The zero-order valence-electron chi connectivity index (χ0n) is 17.7. The standard InChI is InChI=1S/C24H31NO4/c1-18(22(26)28-17-20-13-9-6-10-14-20)25-21(23(27)29-24(2,3)4)16-15-19-11-7-5-8-12-19/h5-14,18,21,25H,15-17H2,1-4H3/t18-,21+/m1/s1. The molecule has 0 saturated carbocycles. The average Bonchev–Trinajstić information content (AvgIpc) is 2.69. The Kier molecular flexibility index (Phi) is 8.40. The first-order chi connectivity index (χ1) is 13.7. The third kappa shape index (κ3) is 8.48. The van der Waals surface area contributed by atoms with Gasteiger partial charge in [0.05, 0.1) is 0 Å². The average molecular weight is 398 g/mol. The summed E-state index contributed by atoms with van der Waals surface area (Å²) in [4.78, 5) is 25.1. The highest BCUT2D eigenvalue weighted by Crippen LogP contribution is 2.13. The molecule has 5 nitrogen and oxygen atoms in total. The maximum absolute atomic E-state index is 12.7. The highest BCUT2D eigenvalue weighted by molar-refractivity contribution is 5.79. The van der Waals surface area contributed by atoms with Crippen LogP contribution in [0.1, 0.15) is 45.2 Å². The summed E-state index contributed by atoms with van der Waals surface area (Å²) in [6.45, 7) is 7.39. The Morgan fingerprint density at radius 3 is 2.00 bits per heavy atom. The van der Waals surface area contributed by atoms with Gasteiger partial charge >= 0.3 is 11.9 Å². The fourth-order valence-electron chi connectivity index (χ4n) is 2.82. The maximum Gasteiger partial charge on any atom is 0.323 e. The molecule has 29 heavy (non-hydrogen) atoms. The van der Waals surface area contributed by atoms with Crippen molar-refractivity contribution in [1.29, 1.82) is 0 Å². The summed E-state index contributed by atoms with van der Waals surface area (Å²) in [5.74, 6) is -0.765. The molecule has 0 unspecified atom stereocenters. The predicted molar refractivity (Wildman–Crippen MR) is 113 cm³/mol. The van der Waals surface area contributed by atoms with Gasteiger partial charge in [0, 0.05) is 0 Å². The lowest BCUT2D eigenvalue weighted by atomic mass is 10.0. The maximum atomic E-state index is 12.7. The zero-order valence-corrected chi connectivity index (χ0v) is 17.7. The van der Waals surface area contributed by atoms with Crippen LogP contribution >= 0.6 is 0 Å². The number of carbonyl (C=O) groups is 2. The van der Waals surface area contributed by atoms with Gasteiger partial charge < -0.3 is 9.47 Å². The first-order valence-electron chi connectivity index (χ1n) is 9.98. The third-order valence-electron chi connectivity index (χ3n) is 4.28. The second-order valence-corrected chi connectivity index (χ2v) is 8.09. The van der Waals surface area contributed by atoms with Crippen molar-refractivity contribution in [3.63, 3.8) is 0 Å². The van der Waals surface area contributed by atoms with E-state index in [9.17, 15) is 9.59 Å². The van der Waals surface area contributed by atoms with Crippen LogP contribution in [0, 0.1) is 0 Å². The van der Waals surface area contributed by atoms with Crippen molar-refractivity contribution in [2.75, 3.05) is 0 Å². The smallest absolute Gasteiger partial charge is 0.323 e. The SMILES string of the molecule is C[C@@H](N[C@@H](CCc1ccccc1)C(=O)OC(C)(C)C)C(=O)OCc1ccccc1. The van der Waals surface area contributed by atoms with Gasteiger partial charge in [0.1, 0.15) is 24.3 Å². The summed E-state index contributed by atoms with van der Waals surface area (Å²) in [6, 6.07) is 18.2. The third-order valence-corrected chi connectivity index (χ3v) is 4.28. The molecule has 0 spiro atoms. The molecule has 2 aromatic rings. The first-order valence-corrected chi connectivity index (χ1v) is 9.98. The van der Waals surface area contributed by atoms with E-state index in [1.165, 1.54) is 0 Å². The summed E-state index contributed by atoms with van der Waals surface area (Å²) in [6.07, 6.45) is 1.22. The minimum absolute atomic E-state index is 0.201. The van der Waals surface area contributed by atoms with E-state index in [0.717, 1.165) is 11.1 Å². The van der Waals surface area contributed by atoms with Crippen molar-refractivity contribution in [2.45, 2.75) is 64.8 Å². The summed E-state index contributed by atoms with van der Waals surface area (Å²) < 4.78 is 10.9. The fraction of sp³-hybridized carbons (Fsp3) is 0.417. The molecule has 5 heteroatoms. The molecule has 0 aliphatic carbocycles. The highest BCUT2D eigenvalue weighted by Gasteiger charge is 2.28. The molecule has 0 aromatic heterocycles. The highest BCUT2D eigenvalue weighted by atomic mass is 16.6. The number of aryl methyl sites for hydroxylation is 1. The molecule has 0 saturated heterocycles. The van der Waals surface area contributed by atoms with Crippen LogP contribution < -0.4 is 5.32 Å². The van der Waals surface area contributed by atoms with Crippen molar-refractivity contribution in [3.8, 4) is 0 Å². The Morgan fingerprint density at radius 1 is 0.897 bits per heavy atom. The number of hydrogen-bond acceptors (Lipinski definition) is 5. The Labute approximate surface area is 173 Å². The van der Waals surface area contributed by atoms with Gasteiger partial charge in [-0.05, 0) is 51.7 Å². The second-order valence-electron chi connectivity index (χ2n) is 8.09. The van der Waals surface area contributed by atoms with Crippen molar-refractivity contribution in [1.82, 2.24) is 5.32 Å². The monoisotopic (exact) mass is 397 g/mol. The van der Waals surface area contributed by atoms with Crippen LogP contribution in [0.25, 0.3) is 0 Å². The Morgan fingerprint density at radius 2 is 1.45 bits per heavy atom. The first kappa shape index (κ1) is 22.6. The number of carbonyl (C=O) groups excluding carboxylic acids is 2. The lowest BCUT2D eigenvalue weighted by Crippen LogP contribution is -2.48. The molecule has 2 atom stereocenters. The van der Waals surface area contributed by atoms with Gasteiger partial charge in [0.15, 0.2) is 0 Å². The van der Waals surface area contributed by atoms with Gasteiger partial charge in [-0.15, -0.1) is 0 Å². The minimum Gasteiger partial charge on any atom is -0.460 e. The summed E-state index contributed by atoms with van der Waals surface area (Å²) in [5, 5.41) is 3.10. The van der Waals surface area contributed by atoms with Crippen LogP contribution in [-0.2, 0) is 32.1 Å². The molecule has 0 bridgehead atoms. The number of esters is 2. The molecule has 0 aliphatic heterocycles. The summed E-state index contributed by atoms with van der Waals surface area (Å²) in [5.41, 5.74) is 1.45. The van der Waals surface area contributed by atoms with Gasteiger partial charge in [-0.2, -0.15) is 0 Å². The largest absolute Gasteiger partial charge is 0.460 e. The summed E-state index contributed by atoms with van der Waals surface area (Å²) >= 11 is 0. The topological polar surface area (TPSA) is 64.6 Å². The molecule has 0 fully saturated rings. The van der Waals surface area contributed by atoms with E-state index in [2.05, 4.69) is 5.32 Å². The van der Waals surface area contributed by atoms with Crippen LogP contribution in [-0.4, -0.2) is 29.6 Å². The van der Waals surface area contributed by atoms with E-state index in [1.807, 2.05) is 81.4 Å². The Bertz CT molecular complexity index is 768. The molecule has 156 valence electrons. The molecule has 0 amide bonds. The van der Waals surface area contributed by atoms with E-state index in [-0.39, 0.29) is 12.6 Å². The second kappa shape index (κ2) is 10.8. The van der Waals surface area contributed by atoms with Crippen LogP contribution in [0.15, 0.2) is 60.7 Å². The van der Waals surface area contributed by atoms with E-state index < -0.39 is 23.7 Å². The van der Waals surface area contributed by atoms with Crippen molar-refractivity contribution in [2.24, 2.45) is 0 Å². The van der Waals surface area contributed by atoms with Gasteiger partial charge in [-0.3, -0.25) is 14.9 Å². The van der Waals surface area contributed by atoms with Crippen LogP contribution in [0.4, 0.5) is 0 Å². The zero-order chi connectivity index (χ0) is 21.3. The van der Waals surface area contributed by atoms with E-state index in [1.54, 1.807) is 6.92 Å². The Hall–Kier alpha value is -2.66. The van der Waals surface area contributed by atoms with Gasteiger partial charge in [-0.1, -0.05) is 60.7 Å². The predicted octanol–water partition coefficient (Wildman–Crippen LogP) is 4.05. The van der Waals surface area contributed by atoms with Crippen LogP contribution in [0.3, 0.4) is 0 Å². The molecule has 2 aromatic carbocycles. The van der Waals surface area contributed by atoms with E-state index in [4.69, 9.17) is 9.47 Å². The molecular weight excluding hydrogens is 366 g/mol. The van der Waals surface area contributed by atoms with Crippen molar-refractivity contribution in [3.05, 3.63) is 71.8 Å². The van der Waals surface area contributed by atoms with Crippen LogP contribution in [0.5, 0.6) is 0 Å². The summed E-state index contributed by atoms with van der Waals surface area (Å²) in [7, 11) is 0. The normalized spacial score (nSPS) is 13.4. The number of benzene rings is 2. The minimum atomic E-state index is -0.632. The number of ether oxygens (including phenoxy) is 2. The lowest BCUT2D eigenvalue weighted by Gasteiger charge is -2.26. The molecule has 1 N–H and O–H groups in total. The van der Waals surface area contributed by atoms with E-state index >= 15 is 0 Å².